The van der Waals surface area contributed by atoms with Gasteiger partial charge in [-0.25, -0.2) is 4.79 Å². The molecule has 1 heterocycles. The summed E-state index contributed by atoms with van der Waals surface area (Å²) < 4.78 is 10.5. The number of ether oxygens (including phenoxy) is 2. The molecule has 1 aliphatic heterocycles. The third kappa shape index (κ3) is 3.19. The van der Waals surface area contributed by atoms with Gasteiger partial charge in [0.1, 0.15) is 11.3 Å². The first-order valence-corrected chi connectivity index (χ1v) is 7.72. The number of methoxy groups -OCH3 is 1. The zero-order valence-corrected chi connectivity index (χ0v) is 13.8. The van der Waals surface area contributed by atoms with Crippen LogP contribution in [0.5, 0.6) is 5.75 Å². The van der Waals surface area contributed by atoms with Gasteiger partial charge in [0.05, 0.1) is 24.4 Å². The average Bonchev–Trinajstić information content (AvgIpc) is 2.49. The van der Waals surface area contributed by atoms with Gasteiger partial charge in [0.25, 0.3) is 0 Å². The van der Waals surface area contributed by atoms with Gasteiger partial charge in [-0.05, 0) is 24.8 Å². The van der Waals surface area contributed by atoms with Crippen molar-refractivity contribution in [3.05, 3.63) is 22.2 Å². The van der Waals surface area contributed by atoms with Crippen molar-refractivity contribution in [3.8, 4) is 5.75 Å². The molecule has 0 saturated carbocycles. The minimum Gasteiger partial charge on any atom is -0.492 e. The average molecular weight is 326 g/mol. The molecular weight excluding hydrogens is 306 g/mol. The van der Waals surface area contributed by atoms with Crippen LogP contribution in [0, 0.1) is 0 Å². The number of nitrogens with one attached hydrogen (secondary N) is 1. The Hall–Kier alpha value is -1.75. The maximum atomic E-state index is 12.0. The van der Waals surface area contributed by atoms with E-state index in [1.165, 1.54) is 20.1 Å². The largest absolute Gasteiger partial charge is 0.492 e. The SMILES string of the molecule is CCCC1CCOc2c(C(=O)OC)cc(Cl)c(NC(C)=O)c21. The molecule has 0 aliphatic carbocycles. The number of rotatable bonds is 4. The molecule has 1 aromatic carbocycles. The number of anilines is 1. The Morgan fingerprint density at radius 2 is 2.23 bits per heavy atom. The second kappa shape index (κ2) is 7.01. The maximum Gasteiger partial charge on any atom is 0.341 e. The van der Waals surface area contributed by atoms with Crippen molar-refractivity contribution in [1.82, 2.24) is 0 Å². The van der Waals surface area contributed by atoms with Crippen LogP contribution in [0.15, 0.2) is 6.07 Å². The summed E-state index contributed by atoms with van der Waals surface area (Å²) in [7, 11) is 1.32. The van der Waals surface area contributed by atoms with Gasteiger partial charge in [-0.3, -0.25) is 4.79 Å². The topological polar surface area (TPSA) is 64.6 Å². The molecule has 22 heavy (non-hydrogen) atoms. The van der Waals surface area contributed by atoms with E-state index in [4.69, 9.17) is 21.1 Å². The molecule has 1 N–H and O–H groups in total. The maximum absolute atomic E-state index is 12.0. The normalized spacial score (nSPS) is 16.5. The standard InChI is InChI=1S/C16H20ClNO4/c1-4-5-10-6-7-22-15-11(16(20)21-3)8-12(17)14(13(10)15)18-9(2)19/h8,10H,4-7H2,1-3H3,(H,18,19). The number of esters is 1. The Morgan fingerprint density at radius 3 is 2.82 bits per heavy atom. The van der Waals surface area contributed by atoms with Crippen LogP contribution < -0.4 is 10.1 Å². The fraction of sp³-hybridized carbons (Fsp3) is 0.500. The number of fused-ring (bicyclic) bond motifs is 1. The molecule has 120 valence electrons. The number of hydrogen-bond donors (Lipinski definition) is 1. The fourth-order valence-electron chi connectivity index (χ4n) is 2.85. The van der Waals surface area contributed by atoms with E-state index in [2.05, 4.69) is 12.2 Å². The van der Waals surface area contributed by atoms with Gasteiger partial charge < -0.3 is 14.8 Å². The van der Waals surface area contributed by atoms with Crippen LogP contribution in [-0.4, -0.2) is 25.6 Å². The molecule has 0 fully saturated rings. The molecule has 5 nitrogen and oxygen atoms in total. The zero-order valence-electron chi connectivity index (χ0n) is 13.0. The van der Waals surface area contributed by atoms with Gasteiger partial charge in [0, 0.05) is 12.5 Å². The highest BCUT2D eigenvalue weighted by Crippen LogP contribution is 2.46. The number of hydrogen-bond acceptors (Lipinski definition) is 4. The molecule has 1 aliphatic rings. The summed E-state index contributed by atoms with van der Waals surface area (Å²) in [6.45, 7) is 4.05. The summed E-state index contributed by atoms with van der Waals surface area (Å²) in [5, 5.41) is 3.09. The van der Waals surface area contributed by atoms with E-state index in [-0.39, 0.29) is 11.8 Å². The van der Waals surface area contributed by atoms with Gasteiger partial charge in [-0.15, -0.1) is 0 Å². The van der Waals surface area contributed by atoms with Crippen LogP contribution >= 0.6 is 11.6 Å². The molecule has 0 radical (unpaired) electrons. The Labute approximate surface area is 134 Å². The second-order valence-electron chi connectivity index (χ2n) is 5.32. The molecule has 0 spiro atoms. The van der Waals surface area contributed by atoms with Gasteiger partial charge in [0.15, 0.2) is 0 Å². The number of amides is 1. The summed E-state index contributed by atoms with van der Waals surface area (Å²) in [4.78, 5) is 23.5. The van der Waals surface area contributed by atoms with Gasteiger partial charge in [0.2, 0.25) is 5.91 Å². The lowest BCUT2D eigenvalue weighted by Crippen LogP contribution is -2.21. The molecule has 2 rings (SSSR count). The second-order valence-corrected chi connectivity index (χ2v) is 5.73. The summed E-state index contributed by atoms with van der Waals surface area (Å²) in [5.41, 5.74) is 1.64. The highest BCUT2D eigenvalue weighted by Gasteiger charge is 2.31. The van der Waals surface area contributed by atoms with Crippen LogP contribution in [-0.2, 0) is 9.53 Å². The first kappa shape index (κ1) is 16.6. The van der Waals surface area contributed by atoms with Crippen molar-refractivity contribution in [2.24, 2.45) is 0 Å². The fourth-order valence-corrected chi connectivity index (χ4v) is 3.10. The van der Waals surface area contributed by atoms with Crippen LogP contribution in [0.1, 0.15) is 54.9 Å². The highest BCUT2D eigenvalue weighted by atomic mass is 35.5. The summed E-state index contributed by atoms with van der Waals surface area (Å²) in [6.07, 6.45) is 2.75. The van der Waals surface area contributed by atoms with Gasteiger partial charge >= 0.3 is 5.97 Å². The predicted molar refractivity (Wildman–Crippen MR) is 84.9 cm³/mol. The molecule has 1 amide bonds. The highest BCUT2D eigenvalue weighted by molar-refractivity contribution is 6.34. The van der Waals surface area contributed by atoms with E-state index in [1.807, 2.05) is 0 Å². The van der Waals surface area contributed by atoms with E-state index in [9.17, 15) is 9.59 Å². The number of benzene rings is 1. The summed E-state index contributed by atoms with van der Waals surface area (Å²) >= 11 is 6.30. The van der Waals surface area contributed by atoms with E-state index < -0.39 is 5.97 Å². The number of carbonyl (C=O) groups excluding carboxylic acids is 2. The van der Waals surface area contributed by atoms with E-state index >= 15 is 0 Å². The minimum atomic E-state index is -0.496. The van der Waals surface area contributed by atoms with E-state index in [0.717, 1.165) is 24.8 Å². The number of carbonyl (C=O) groups is 2. The Kier molecular flexibility index (Phi) is 5.29. The first-order chi connectivity index (χ1) is 10.5. The van der Waals surface area contributed by atoms with Crippen LogP contribution in [0.25, 0.3) is 0 Å². The lowest BCUT2D eigenvalue weighted by Gasteiger charge is -2.30. The molecule has 0 aromatic heterocycles. The smallest absolute Gasteiger partial charge is 0.341 e. The Morgan fingerprint density at radius 1 is 1.50 bits per heavy atom. The van der Waals surface area contributed by atoms with Crippen molar-refractivity contribution in [1.29, 1.82) is 0 Å². The lowest BCUT2D eigenvalue weighted by atomic mass is 9.86. The third-order valence-corrected chi connectivity index (χ3v) is 4.03. The van der Waals surface area contributed by atoms with Crippen molar-refractivity contribution in [3.63, 3.8) is 0 Å². The monoisotopic (exact) mass is 325 g/mol. The quantitative estimate of drug-likeness (QED) is 0.856. The molecular formula is C16H20ClNO4. The lowest BCUT2D eigenvalue weighted by molar-refractivity contribution is -0.114. The molecule has 1 aromatic rings. The van der Waals surface area contributed by atoms with Crippen LogP contribution in [0.4, 0.5) is 5.69 Å². The van der Waals surface area contributed by atoms with Crippen molar-refractivity contribution >= 4 is 29.2 Å². The molecule has 6 heteroatoms. The molecule has 1 atom stereocenters. The van der Waals surface area contributed by atoms with Crippen molar-refractivity contribution in [2.75, 3.05) is 19.0 Å². The van der Waals surface area contributed by atoms with Crippen molar-refractivity contribution < 1.29 is 19.1 Å². The third-order valence-electron chi connectivity index (χ3n) is 3.73. The summed E-state index contributed by atoms with van der Waals surface area (Å²) in [6, 6.07) is 1.49. The molecule has 0 saturated heterocycles. The summed E-state index contributed by atoms with van der Waals surface area (Å²) in [5.74, 6) is -0.0391. The van der Waals surface area contributed by atoms with E-state index in [1.54, 1.807) is 0 Å². The van der Waals surface area contributed by atoms with Gasteiger partial charge in [-0.2, -0.15) is 0 Å². The van der Waals surface area contributed by atoms with Crippen molar-refractivity contribution in [2.45, 2.75) is 39.0 Å². The van der Waals surface area contributed by atoms with Crippen LogP contribution in [0.3, 0.4) is 0 Å². The Balaban J connectivity index is 2.65. The molecule has 0 bridgehead atoms. The molecule has 1 unspecified atom stereocenters. The minimum absolute atomic E-state index is 0.192. The first-order valence-electron chi connectivity index (χ1n) is 7.34. The van der Waals surface area contributed by atoms with Gasteiger partial charge in [-0.1, -0.05) is 24.9 Å². The van der Waals surface area contributed by atoms with E-state index in [0.29, 0.717) is 28.6 Å². The Bertz CT molecular complexity index is 600. The number of halogens is 1. The zero-order chi connectivity index (χ0) is 16.3. The van der Waals surface area contributed by atoms with Crippen LogP contribution in [0.2, 0.25) is 5.02 Å². The predicted octanol–water partition coefficient (Wildman–Crippen LogP) is 3.75.